The van der Waals surface area contributed by atoms with Gasteiger partial charge < -0.3 is 14.3 Å². The maximum Gasteiger partial charge on any atom is 0.311 e. The molecule has 0 fully saturated rings. The minimum Gasteiger partial charge on any atom is -0.506 e. The lowest BCUT2D eigenvalue weighted by atomic mass is 10.1. The molecule has 0 saturated heterocycles. The van der Waals surface area contributed by atoms with Gasteiger partial charge in [-0.15, -0.1) is 0 Å². The molecule has 0 amide bonds. The molecule has 1 aromatic heterocycles. The number of carbonyl (C=O) groups is 2. The molecule has 0 aliphatic rings. The molecule has 0 bridgehead atoms. The molecule has 1 heterocycles. The third-order valence-electron chi connectivity index (χ3n) is 4.46. The number of phenols is 1. The summed E-state index contributed by atoms with van der Waals surface area (Å²) >= 11 is 3.93. The second-order valence-corrected chi connectivity index (χ2v) is 8.89. The minimum absolute atomic E-state index is 0.0176. The molecule has 1 atom stereocenters. The van der Waals surface area contributed by atoms with Crippen LogP contribution < -0.4 is 4.74 Å². The molecule has 0 unspecified atom stereocenters. The normalized spacial score (nSPS) is 12.1. The van der Waals surface area contributed by atoms with Crippen molar-refractivity contribution in [3.05, 3.63) is 54.9 Å². The number of hydrogen-bond donors (Lipinski definition) is 1. The Labute approximate surface area is 189 Å². The van der Waals surface area contributed by atoms with Gasteiger partial charge in [0.25, 0.3) is 0 Å². The van der Waals surface area contributed by atoms with Crippen LogP contribution in [-0.2, 0) is 4.79 Å². The van der Waals surface area contributed by atoms with Gasteiger partial charge in [0.1, 0.15) is 11.3 Å². The van der Waals surface area contributed by atoms with Gasteiger partial charge in [0.05, 0.1) is 12.5 Å². The Kier molecular flexibility index (Phi) is 6.64. The molecule has 0 aliphatic heterocycles. The zero-order valence-corrected chi connectivity index (χ0v) is 19.6. The quantitative estimate of drug-likeness (QED) is 0.215. The van der Waals surface area contributed by atoms with Crippen LogP contribution in [0.3, 0.4) is 0 Å². The van der Waals surface area contributed by atoms with Crippen LogP contribution in [-0.4, -0.2) is 16.9 Å². The van der Waals surface area contributed by atoms with Gasteiger partial charge in [0, 0.05) is 12.0 Å². The SMILES string of the molecule is CC[C@H](C)CC(=O)Oc1c(C(=O)c2cc(I)c(O)c(I)c2)oc2ccccc12. The summed E-state index contributed by atoms with van der Waals surface area (Å²) in [5.41, 5.74) is 0.824. The Hall–Kier alpha value is -1.62. The van der Waals surface area contributed by atoms with Crippen LogP contribution >= 0.6 is 45.2 Å². The molecule has 7 heteroatoms. The first-order chi connectivity index (χ1) is 13.3. The van der Waals surface area contributed by atoms with Gasteiger partial charge in [0.2, 0.25) is 11.5 Å². The number of ketones is 1. The summed E-state index contributed by atoms with van der Waals surface area (Å²) in [6.07, 6.45) is 1.12. The average molecular weight is 604 g/mol. The largest absolute Gasteiger partial charge is 0.506 e. The van der Waals surface area contributed by atoms with Crippen LogP contribution in [0.15, 0.2) is 40.8 Å². The van der Waals surface area contributed by atoms with Crippen LogP contribution in [0.4, 0.5) is 0 Å². The monoisotopic (exact) mass is 604 g/mol. The van der Waals surface area contributed by atoms with Gasteiger partial charge in [-0.25, -0.2) is 0 Å². The first-order valence-electron chi connectivity index (χ1n) is 8.76. The van der Waals surface area contributed by atoms with Crippen LogP contribution in [0.25, 0.3) is 11.0 Å². The predicted octanol–water partition coefficient (Wildman–Crippen LogP) is 5.92. The van der Waals surface area contributed by atoms with Crippen molar-refractivity contribution in [2.75, 3.05) is 0 Å². The van der Waals surface area contributed by atoms with Crippen LogP contribution in [0.2, 0.25) is 0 Å². The van der Waals surface area contributed by atoms with Crippen molar-refractivity contribution in [3.63, 3.8) is 0 Å². The van der Waals surface area contributed by atoms with Gasteiger partial charge in [-0.3, -0.25) is 9.59 Å². The van der Waals surface area contributed by atoms with E-state index >= 15 is 0 Å². The predicted molar refractivity (Wildman–Crippen MR) is 123 cm³/mol. The number of carbonyl (C=O) groups excluding carboxylic acids is 2. The molecule has 28 heavy (non-hydrogen) atoms. The van der Waals surface area contributed by atoms with E-state index in [2.05, 4.69) is 0 Å². The van der Waals surface area contributed by atoms with E-state index in [1.165, 1.54) is 0 Å². The highest BCUT2D eigenvalue weighted by atomic mass is 127. The number of para-hydroxylation sites is 1. The number of hydrogen-bond acceptors (Lipinski definition) is 5. The fraction of sp³-hybridized carbons (Fsp3) is 0.238. The van der Waals surface area contributed by atoms with Gasteiger partial charge >= 0.3 is 5.97 Å². The molecule has 0 aliphatic carbocycles. The lowest BCUT2D eigenvalue weighted by Crippen LogP contribution is -2.14. The van der Waals surface area contributed by atoms with E-state index in [4.69, 9.17) is 9.15 Å². The molecule has 5 nitrogen and oxygen atoms in total. The number of furan rings is 1. The van der Waals surface area contributed by atoms with E-state index in [9.17, 15) is 14.7 Å². The van der Waals surface area contributed by atoms with E-state index in [-0.39, 0.29) is 29.6 Å². The number of ether oxygens (including phenoxy) is 1. The molecule has 0 saturated carbocycles. The molecule has 146 valence electrons. The molecule has 0 radical (unpaired) electrons. The van der Waals surface area contributed by atoms with Gasteiger partial charge in [-0.05, 0) is 75.4 Å². The van der Waals surface area contributed by atoms with Crippen molar-refractivity contribution in [2.24, 2.45) is 5.92 Å². The molecular formula is C21H18I2O5. The van der Waals surface area contributed by atoms with Crippen molar-refractivity contribution in [1.82, 2.24) is 0 Å². The Morgan fingerprint density at radius 1 is 1.18 bits per heavy atom. The highest BCUT2D eigenvalue weighted by Gasteiger charge is 2.26. The van der Waals surface area contributed by atoms with Crippen molar-refractivity contribution >= 4 is 67.9 Å². The molecule has 3 rings (SSSR count). The summed E-state index contributed by atoms with van der Waals surface area (Å²) in [6.45, 7) is 3.98. The zero-order valence-electron chi connectivity index (χ0n) is 15.3. The number of esters is 1. The smallest absolute Gasteiger partial charge is 0.311 e. The number of phenolic OH excluding ortho intramolecular Hbond substituents is 1. The van der Waals surface area contributed by atoms with E-state index in [0.717, 1.165) is 6.42 Å². The average Bonchev–Trinajstić information content (AvgIpc) is 3.03. The van der Waals surface area contributed by atoms with Gasteiger partial charge in [-0.1, -0.05) is 32.4 Å². The second kappa shape index (κ2) is 8.81. The third kappa shape index (κ3) is 4.35. The number of fused-ring (bicyclic) bond motifs is 1. The zero-order chi connectivity index (χ0) is 20.4. The Morgan fingerprint density at radius 3 is 2.46 bits per heavy atom. The van der Waals surface area contributed by atoms with Gasteiger partial charge in [-0.2, -0.15) is 0 Å². The summed E-state index contributed by atoms with van der Waals surface area (Å²) in [6, 6.07) is 10.2. The maximum absolute atomic E-state index is 13.1. The van der Waals surface area contributed by atoms with Crippen molar-refractivity contribution in [2.45, 2.75) is 26.7 Å². The van der Waals surface area contributed by atoms with E-state index in [0.29, 0.717) is 23.7 Å². The standard InChI is InChI=1S/C21H18I2O5/c1-3-11(2)8-17(24)28-20-13-6-4-5-7-16(13)27-21(20)18(25)12-9-14(22)19(26)15(23)10-12/h4-7,9-11,26H,3,8H2,1-2H3/t11-/m0/s1. The highest BCUT2D eigenvalue weighted by Crippen LogP contribution is 2.36. The minimum atomic E-state index is -0.404. The van der Waals surface area contributed by atoms with Crippen LogP contribution in [0, 0.1) is 13.1 Å². The van der Waals surface area contributed by atoms with E-state index < -0.39 is 11.8 Å². The maximum atomic E-state index is 13.1. The summed E-state index contributed by atoms with van der Waals surface area (Å²) in [7, 11) is 0. The number of rotatable bonds is 6. The summed E-state index contributed by atoms with van der Waals surface area (Å²) in [5, 5.41) is 10.5. The molecule has 3 aromatic rings. The van der Waals surface area contributed by atoms with Crippen LogP contribution in [0.5, 0.6) is 11.5 Å². The fourth-order valence-corrected chi connectivity index (χ4v) is 4.45. The molecule has 2 aromatic carbocycles. The van der Waals surface area contributed by atoms with Gasteiger partial charge in [0.15, 0.2) is 5.75 Å². The van der Waals surface area contributed by atoms with Crippen LogP contribution in [0.1, 0.15) is 42.8 Å². The number of halogens is 2. The third-order valence-corrected chi connectivity index (χ3v) is 6.11. The Balaban J connectivity index is 2.05. The lowest BCUT2D eigenvalue weighted by molar-refractivity contribution is -0.135. The molecular weight excluding hydrogens is 586 g/mol. The second-order valence-electron chi connectivity index (χ2n) is 6.57. The molecule has 1 N–H and O–H groups in total. The highest BCUT2D eigenvalue weighted by molar-refractivity contribution is 14.1. The topological polar surface area (TPSA) is 76.7 Å². The first kappa shape index (κ1) is 21.1. The van der Waals surface area contributed by atoms with Crippen molar-refractivity contribution in [1.29, 1.82) is 0 Å². The Morgan fingerprint density at radius 2 is 1.82 bits per heavy atom. The van der Waals surface area contributed by atoms with E-state index in [1.807, 2.05) is 59.0 Å². The summed E-state index contributed by atoms with van der Waals surface area (Å²) < 4.78 is 12.5. The lowest BCUT2D eigenvalue weighted by Gasteiger charge is -2.09. The number of aromatic hydroxyl groups is 1. The summed E-state index contributed by atoms with van der Waals surface area (Å²) in [5.74, 6) is -0.362. The van der Waals surface area contributed by atoms with E-state index in [1.54, 1.807) is 36.4 Å². The Bertz CT molecular complexity index is 1030. The molecule has 0 spiro atoms. The summed E-state index contributed by atoms with van der Waals surface area (Å²) in [4.78, 5) is 25.5. The van der Waals surface area contributed by atoms with Crippen molar-refractivity contribution in [3.8, 4) is 11.5 Å². The fourth-order valence-electron chi connectivity index (χ4n) is 2.68. The first-order valence-corrected chi connectivity index (χ1v) is 10.9. The number of benzene rings is 2. The van der Waals surface area contributed by atoms with Crippen molar-refractivity contribution < 1.29 is 23.8 Å².